The molecule has 2 aliphatic rings. The Labute approximate surface area is 165 Å². The maximum Gasteiger partial charge on any atom is 0.227 e. The first-order chi connectivity index (χ1) is 13.6. The van der Waals surface area contributed by atoms with Crippen LogP contribution in [0, 0.1) is 11.3 Å². The molecule has 0 aromatic heterocycles. The zero-order valence-electron chi connectivity index (χ0n) is 16.1. The molecule has 0 aliphatic carbocycles. The molecule has 0 unspecified atom stereocenters. The van der Waals surface area contributed by atoms with Crippen LogP contribution in [0.5, 0.6) is 0 Å². The molecule has 2 aliphatic heterocycles. The minimum absolute atomic E-state index is 0.0573. The van der Waals surface area contributed by atoms with Crippen molar-refractivity contribution in [2.24, 2.45) is 0 Å². The summed E-state index contributed by atoms with van der Waals surface area (Å²) in [7, 11) is 0. The van der Waals surface area contributed by atoms with Crippen LogP contribution in [0.15, 0.2) is 30.3 Å². The first-order valence-corrected chi connectivity index (χ1v) is 9.85. The van der Waals surface area contributed by atoms with Crippen molar-refractivity contribution < 1.29 is 19.1 Å². The molecule has 0 radical (unpaired) electrons. The second-order valence-corrected chi connectivity index (χ2v) is 7.38. The summed E-state index contributed by atoms with van der Waals surface area (Å²) in [4.78, 5) is 26.6. The summed E-state index contributed by atoms with van der Waals surface area (Å²) < 4.78 is 11.4. The Morgan fingerprint density at radius 1 is 1.25 bits per heavy atom. The highest BCUT2D eigenvalue weighted by molar-refractivity contribution is 5.95. The second kappa shape index (κ2) is 9.67. The number of hydrogen-bond acceptors (Lipinski definition) is 5. The topological polar surface area (TPSA) is 91.7 Å². The average Bonchev–Trinajstić information content (AvgIpc) is 3.15. The van der Waals surface area contributed by atoms with E-state index >= 15 is 0 Å². The molecular formula is C21H27N3O4. The van der Waals surface area contributed by atoms with E-state index in [0.29, 0.717) is 26.4 Å². The summed E-state index contributed by atoms with van der Waals surface area (Å²) in [6, 6.07) is 11.4. The first kappa shape index (κ1) is 20.3. The number of carbonyl (C=O) groups excluding carboxylic acids is 2. The van der Waals surface area contributed by atoms with Crippen molar-refractivity contribution in [1.29, 1.82) is 5.26 Å². The van der Waals surface area contributed by atoms with Crippen molar-refractivity contribution >= 4 is 17.5 Å². The number of nitrogens with zero attached hydrogens (tertiary/aromatic N) is 2. The van der Waals surface area contributed by atoms with E-state index in [0.717, 1.165) is 24.9 Å². The molecule has 7 nitrogen and oxygen atoms in total. The van der Waals surface area contributed by atoms with Crippen molar-refractivity contribution in [3.8, 4) is 6.07 Å². The molecule has 1 spiro atoms. The van der Waals surface area contributed by atoms with E-state index in [9.17, 15) is 9.59 Å². The van der Waals surface area contributed by atoms with E-state index in [4.69, 9.17) is 14.7 Å². The maximum absolute atomic E-state index is 12.7. The van der Waals surface area contributed by atoms with Crippen molar-refractivity contribution in [3.05, 3.63) is 30.3 Å². The molecule has 2 heterocycles. The van der Waals surface area contributed by atoms with Gasteiger partial charge in [0.2, 0.25) is 11.8 Å². The van der Waals surface area contributed by atoms with Gasteiger partial charge in [-0.2, -0.15) is 5.26 Å². The fourth-order valence-electron chi connectivity index (χ4n) is 3.84. The summed E-state index contributed by atoms with van der Waals surface area (Å²) in [5.74, 6) is -0.271. The lowest BCUT2D eigenvalue weighted by Gasteiger charge is -2.37. The number of nitrogens with one attached hydrogen (secondary N) is 1. The van der Waals surface area contributed by atoms with E-state index < -0.39 is 0 Å². The zero-order chi connectivity index (χ0) is 19.8. The monoisotopic (exact) mass is 385 g/mol. The van der Waals surface area contributed by atoms with Gasteiger partial charge in [0.1, 0.15) is 0 Å². The Balaban J connectivity index is 1.49. The summed E-state index contributed by atoms with van der Waals surface area (Å²) >= 11 is 0. The number of anilines is 1. The van der Waals surface area contributed by atoms with Crippen LogP contribution in [0.3, 0.4) is 0 Å². The largest absolute Gasteiger partial charge is 0.378 e. The molecule has 28 heavy (non-hydrogen) atoms. The van der Waals surface area contributed by atoms with Gasteiger partial charge in [0.05, 0.1) is 24.7 Å². The lowest BCUT2D eigenvalue weighted by molar-refractivity contribution is -0.128. The van der Waals surface area contributed by atoms with Crippen LogP contribution in [0.4, 0.5) is 5.69 Å². The quantitative estimate of drug-likeness (QED) is 0.777. The Hall–Kier alpha value is -2.43. The number of hydrogen-bond donors (Lipinski definition) is 1. The molecular weight excluding hydrogens is 358 g/mol. The van der Waals surface area contributed by atoms with Gasteiger partial charge in [0, 0.05) is 50.8 Å². The third kappa shape index (κ3) is 5.31. The van der Waals surface area contributed by atoms with Crippen molar-refractivity contribution in [2.75, 3.05) is 31.3 Å². The lowest BCUT2D eigenvalue weighted by Crippen LogP contribution is -2.49. The van der Waals surface area contributed by atoms with Gasteiger partial charge in [-0.3, -0.25) is 9.59 Å². The van der Waals surface area contributed by atoms with Crippen LogP contribution >= 0.6 is 0 Å². The maximum atomic E-state index is 12.7. The Morgan fingerprint density at radius 3 is 2.79 bits per heavy atom. The first-order valence-electron chi connectivity index (χ1n) is 9.85. The normalized spacial score (nSPS) is 23.9. The molecule has 2 atom stereocenters. The highest BCUT2D eigenvalue weighted by Gasteiger charge is 2.41. The van der Waals surface area contributed by atoms with Crippen LogP contribution in [-0.2, 0) is 19.1 Å². The van der Waals surface area contributed by atoms with Crippen LogP contribution < -0.4 is 10.2 Å². The third-order valence-electron chi connectivity index (χ3n) is 5.31. The number of benzene rings is 1. The number of ether oxygens (including phenoxy) is 2. The van der Waals surface area contributed by atoms with E-state index in [1.807, 2.05) is 30.3 Å². The van der Waals surface area contributed by atoms with Gasteiger partial charge in [-0.1, -0.05) is 18.2 Å². The van der Waals surface area contributed by atoms with Crippen molar-refractivity contribution in [1.82, 2.24) is 5.32 Å². The molecule has 150 valence electrons. The molecule has 2 saturated heterocycles. The zero-order valence-corrected chi connectivity index (χ0v) is 16.1. The van der Waals surface area contributed by atoms with Gasteiger partial charge < -0.3 is 19.7 Å². The molecule has 0 saturated carbocycles. The van der Waals surface area contributed by atoms with Crippen molar-refractivity contribution in [3.63, 3.8) is 0 Å². The standard InChI is InChI=1S/C21H27N3O4/c22-11-4-12-24(18-5-2-1-3-6-18)20(26)8-7-19(25)23-17-9-13-28-21(15-17)10-14-27-16-21/h1-3,5-6,17H,4,7-10,12-16H2,(H,23,25)/t17-,21-/m0/s1. The fraction of sp³-hybridized carbons (Fsp3) is 0.571. The number of amides is 2. The van der Waals surface area contributed by atoms with Gasteiger partial charge in [-0.25, -0.2) is 0 Å². The number of carbonyl (C=O) groups is 2. The Kier molecular flexibility index (Phi) is 7.01. The Bertz CT molecular complexity index is 710. The molecule has 3 rings (SSSR count). The average molecular weight is 385 g/mol. The summed E-state index contributed by atoms with van der Waals surface area (Å²) in [5, 5.41) is 11.9. The van der Waals surface area contributed by atoms with Gasteiger partial charge in [0.25, 0.3) is 0 Å². The molecule has 2 amide bonds. The molecule has 7 heteroatoms. The summed E-state index contributed by atoms with van der Waals surface area (Å²) in [5.41, 5.74) is 0.490. The highest BCUT2D eigenvalue weighted by atomic mass is 16.6. The van der Waals surface area contributed by atoms with Crippen LogP contribution in [0.25, 0.3) is 0 Å². The number of nitriles is 1. The highest BCUT2D eigenvalue weighted by Crippen LogP contribution is 2.32. The number of para-hydroxylation sites is 1. The van der Waals surface area contributed by atoms with Crippen LogP contribution in [-0.4, -0.2) is 49.8 Å². The smallest absolute Gasteiger partial charge is 0.227 e. The second-order valence-electron chi connectivity index (χ2n) is 7.38. The van der Waals surface area contributed by atoms with E-state index in [2.05, 4.69) is 11.4 Å². The number of rotatable bonds is 7. The summed E-state index contributed by atoms with van der Waals surface area (Å²) in [6.07, 6.45) is 2.89. The predicted octanol–water partition coefficient (Wildman–Crippen LogP) is 2.17. The summed E-state index contributed by atoms with van der Waals surface area (Å²) in [6.45, 7) is 2.22. The van der Waals surface area contributed by atoms with Crippen LogP contribution in [0.2, 0.25) is 0 Å². The van der Waals surface area contributed by atoms with Crippen LogP contribution in [0.1, 0.15) is 38.5 Å². The fourth-order valence-corrected chi connectivity index (χ4v) is 3.84. The molecule has 2 fully saturated rings. The molecule has 1 N–H and O–H groups in total. The molecule has 1 aromatic rings. The lowest BCUT2D eigenvalue weighted by atomic mass is 9.89. The predicted molar refractivity (Wildman–Crippen MR) is 104 cm³/mol. The van der Waals surface area contributed by atoms with E-state index in [1.54, 1.807) is 4.90 Å². The van der Waals surface area contributed by atoms with Gasteiger partial charge in [-0.15, -0.1) is 0 Å². The minimum atomic E-state index is -0.257. The van der Waals surface area contributed by atoms with E-state index in [-0.39, 0.29) is 42.7 Å². The minimum Gasteiger partial charge on any atom is -0.378 e. The van der Waals surface area contributed by atoms with Gasteiger partial charge >= 0.3 is 0 Å². The third-order valence-corrected chi connectivity index (χ3v) is 5.31. The van der Waals surface area contributed by atoms with Crippen molar-refractivity contribution in [2.45, 2.75) is 50.2 Å². The van der Waals surface area contributed by atoms with E-state index in [1.165, 1.54) is 0 Å². The van der Waals surface area contributed by atoms with Gasteiger partial charge in [0.15, 0.2) is 0 Å². The SMILES string of the molecule is N#CCCN(C(=O)CCC(=O)N[C@H]1CCO[C@@]2(CCOC2)C1)c1ccccc1. The van der Waals surface area contributed by atoms with Gasteiger partial charge in [-0.05, 0) is 25.0 Å². The Morgan fingerprint density at radius 2 is 2.07 bits per heavy atom. The molecule has 0 bridgehead atoms. The molecule has 1 aromatic carbocycles.